The molecule has 92 valence electrons. The Morgan fingerprint density at radius 1 is 1.41 bits per heavy atom. The van der Waals surface area contributed by atoms with E-state index in [4.69, 9.17) is 4.74 Å². The monoisotopic (exact) mass is 233 g/mol. The zero-order valence-electron chi connectivity index (χ0n) is 10.2. The van der Waals surface area contributed by atoms with Crippen molar-refractivity contribution in [3.05, 3.63) is 35.4 Å². The zero-order valence-corrected chi connectivity index (χ0v) is 10.2. The minimum absolute atomic E-state index is 0.00349. The van der Waals surface area contributed by atoms with Crippen LogP contribution < -0.4 is 5.32 Å². The van der Waals surface area contributed by atoms with Crippen molar-refractivity contribution in [3.8, 4) is 0 Å². The number of amides is 1. The number of carbonyl (C=O) groups excluding carboxylic acids is 1. The molecular weight excluding hydrogens is 214 g/mol. The van der Waals surface area contributed by atoms with Crippen LogP contribution in [0.2, 0.25) is 0 Å². The fourth-order valence-electron chi connectivity index (χ4n) is 2.29. The predicted molar refractivity (Wildman–Crippen MR) is 66.9 cm³/mol. The Kier molecular flexibility index (Phi) is 4.15. The highest BCUT2D eigenvalue weighted by molar-refractivity contribution is 5.77. The molecule has 1 atom stereocenters. The summed E-state index contributed by atoms with van der Waals surface area (Å²) in [6.07, 6.45) is 3.01. The molecule has 3 heteroatoms. The third-order valence-corrected chi connectivity index (χ3v) is 3.15. The molecule has 0 bridgehead atoms. The summed E-state index contributed by atoms with van der Waals surface area (Å²) in [6.45, 7) is 2.65. The number of hydrogen-bond acceptors (Lipinski definition) is 2. The van der Waals surface area contributed by atoms with Gasteiger partial charge >= 0.3 is 0 Å². The van der Waals surface area contributed by atoms with Gasteiger partial charge in [0.05, 0.1) is 0 Å². The van der Waals surface area contributed by atoms with Crippen LogP contribution in [0.25, 0.3) is 0 Å². The average Bonchev–Trinajstić information content (AvgIpc) is 2.36. The smallest absolute Gasteiger partial charge is 0.246 e. The summed E-state index contributed by atoms with van der Waals surface area (Å²) in [5, 5.41) is 3.03. The van der Waals surface area contributed by atoms with E-state index in [9.17, 15) is 4.79 Å². The third kappa shape index (κ3) is 3.30. The van der Waals surface area contributed by atoms with E-state index in [-0.39, 0.29) is 18.6 Å². The highest BCUT2D eigenvalue weighted by Crippen LogP contribution is 2.20. The Balaban J connectivity index is 1.88. The van der Waals surface area contributed by atoms with E-state index in [2.05, 4.69) is 29.6 Å². The summed E-state index contributed by atoms with van der Waals surface area (Å²) >= 11 is 0. The molecule has 0 fully saturated rings. The molecule has 0 heterocycles. The van der Waals surface area contributed by atoms with Crippen molar-refractivity contribution in [3.63, 3.8) is 0 Å². The fourth-order valence-corrected chi connectivity index (χ4v) is 2.29. The van der Waals surface area contributed by atoms with Gasteiger partial charge in [0.25, 0.3) is 0 Å². The molecule has 0 saturated carbocycles. The van der Waals surface area contributed by atoms with Gasteiger partial charge in [-0.25, -0.2) is 0 Å². The van der Waals surface area contributed by atoms with Crippen LogP contribution in [-0.4, -0.2) is 25.2 Å². The molecule has 1 aromatic rings. The molecule has 0 spiro atoms. The first-order valence-electron chi connectivity index (χ1n) is 6.23. The van der Waals surface area contributed by atoms with Crippen LogP contribution in [0.5, 0.6) is 0 Å². The lowest BCUT2D eigenvalue weighted by Crippen LogP contribution is -2.40. The van der Waals surface area contributed by atoms with Crippen LogP contribution in [0, 0.1) is 0 Å². The van der Waals surface area contributed by atoms with Gasteiger partial charge in [0.2, 0.25) is 5.91 Å². The van der Waals surface area contributed by atoms with Gasteiger partial charge in [-0.2, -0.15) is 0 Å². The minimum atomic E-state index is -0.00349. The number of carbonyl (C=O) groups is 1. The van der Waals surface area contributed by atoms with Crippen molar-refractivity contribution in [1.82, 2.24) is 5.32 Å². The molecule has 1 aliphatic rings. The first kappa shape index (κ1) is 12.1. The van der Waals surface area contributed by atoms with Crippen molar-refractivity contribution in [2.75, 3.05) is 13.2 Å². The van der Waals surface area contributed by atoms with Crippen molar-refractivity contribution in [1.29, 1.82) is 0 Å². The number of ether oxygens (including phenoxy) is 1. The zero-order chi connectivity index (χ0) is 12.1. The topological polar surface area (TPSA) is 38.3 Å². The summed E-state index contributed by atoms with van der Waals surface area (Å²) < 4.78 is 5.09. The quantitative estimate of drug-likeness (QED) is 0.859. The van der Waals surface area contributed by atoms with E-state index in [0.29, 0.717) is 6.61 Å². The largest absolute Gasteiger partial charge is 0.372 e. The SMILES string of the molecule is CCOCC(=O)NC1CCc2ccccc2C1. The Morgan fingerprint density at radius 3 is 2.94 bits per heavy atom. The van der Waals surface area contributed by atoms with Crippen LogP contribution in [0.15, 0.2) is 24.3 Å². The summed E-state index contributed by atoms with van der Waals surface area (Å²) in [7, 11) is 0. The number of fused-ring (bicyclic) bond motifs is 1. The normalized spacial score (nSPS) is 18.5. The van der Waals surface area contributed by atoms with Crippen LogP contribution in [0.4, 0.5) is 0 Å². The Labute approximate surface area is 102 Å². The lowest BCUT2D eigenvalue weighted by Gasteiger charge is -2.25. The van der Waals surface area contributed by atoms with Crippen molar-refractivity contribution in [2.24, 2.45) is 0 Å². The molecule has 3 nitrogen and oxygen atoms in total. The van der Waals surface area contributed by atoms with Crippen LogP contribution in [0.1, 0.15) is 24.5 Å². The Hall–Kier alpha value is -1.35. The van der Waals surface area contributed by atoms with Crippen LogP contribution >= 0.6 is 0 Å². The first-order valence-corrected chi connectivity index (χ1v) is 6.23. The molecular formula is C14H19NO2. The lowest BCUT2D eigenvalue weighted by molar-refractivity contribution is -0.126. The summed E-state index contributed by atoms with van der Waals surface area (Å²) in [4.78, 5) is 11.5. The number of aryl methyl sites for hydroxylation is 1. The van der Waals surface area contributed by atoms with E-state index in [0.717, 1.165) is 19.3 Å². The second kappa shape index (κ2) is 5.82. The van der Waals surface area contributed by atoms with E-state index in [1.165, 1.54) is 11.1 Å². The highest BCUT2D eigenvalue weighted by Gasteiger charge is 2.19. The maximum absolute atomic E-state index is 11.5. The van der Waals surface area contributed by atoms with E-state index >= 15 is 0 Å². The summed E-state index contributed by atoms with van der Waals surface area (Å²) in [5.74, 6) is -0.00349. The van der Waals surface area contributed by atoms with Gasteiger partial charge < -0.3 is 10.1 Å². The number of benzene rings is 1. The standard InChI is InChI=1S/C14H19NO2/c1-2-17-10-14(16)15-13-8-7-11-5-3-4-6-12(11)9-13/h3-6,13H,2,7-10H2,1H3,(H,15,16). The number of hydrogen-bond donors (Lipinski definition) is 1. The van der Waals surface area contributed by atoms with E-state index in [1.807, 2.05) is 6.92 Å². The summed E-state index contributed by atoms with van der Waals surface area (Å²) in [6, 6.07) is 8.72. The van der Waals surface area contributed by atoms with Crippen molar-refractivity contribution in [2.45, 2.75) is 32.2 Å². The van der Waals surface area contributed by atoms with Gasteiger partial charge in [0.15, 0.2) is 0 Å². The van der Waals surface area contributed by atoms with Crippen LogP contribution in [-0.2, 0) is 22.4 Å². The molecule has 2 rings (SSSR count). The van der Waals surface area contributed by atoms with Gasteiger partial charge in [-0.1, -0.05) is 24.3 Å². The Bertz CT molecular complexity index is 390. The van der Waals surface area contributed by atoms with Crippen molar-refractivity contribution < 1.29 is 9.53 Å². The molecule has 0 aliphatic heterocycles. The van der Waals surface area contributed by atoms with Gasteiger partial charge in [-0.3, -0.25) is 4.79 Å². The average molecular weight is 233 g/mol. The molecule has 0 aromatic heterocycles. The van der Waals surface area contributed by atoms with Gasteiger partial charge in [0, 0.05) is 12.6 Å². The van der Waals surface area contributed by atoms with Gasteiger partial charge in [-0.05, 0) is 37.3 Å². The lowest BCUT2D eigenvalue weighted by atomic mass is 9.88. The Morgan fingerprint density at radius 2 is 2.18 bits per heavy atom. The molecule has 0 radical (unpaired) electrons. The second-order valence-corrected chi connectivity index (χ2v) is 4.41. The van der Waals surface area contributed by atoms with E-state index < -0.39 is 0 Å². The molecule has 1 aliphatic carbocycles. The maximum Gasteiger partial charge on any atom is 0.246 e. The molecule has 1 unspecified atom stereocenters. The highest BCUT2D eigenvalue weighted by atomic mass is 16.5. The molecule has 1 N–H and O–H groups in total. The van der Waals surface area contributed by atoms with Crippen molar-refractivity contribution >= 4 is 5.91 Å². The molecule has 0 saturated heterocycles. The molecule has 1 aromatic carbocycles. The third-order valence-electron chi connectivity index (χ3n) is 3.15. The number of rotatable bonds is 4. The maximum atomic E-state index is 11.5. The molecule has 1 amide bonds. The molecule has 17 heavy (non-hydrogen) atoms. The van der Waals surface area contributed by atoms with E-state index in [1.54, 1.807) is 0 Å². The second-order valence-electron chi connectivity index (χ2n) is 4.41. The number of nitrogens with one attached hydrogen (secondary N) is 1. The summed E-state index contributed by atoms with van der Waals surface area (Å²) in [5.41, 5.74) is 2.78. The van der Waals surface area contributed by atoms with Crippen LogP contribution in [0.3, 0.4) is 0 Å². The van der Waals surface area contributed by atoms with Gasteiger partial charge in [-0.15, -0.1) is 0 Å². The minimum Gasteiger partial charge on any atom is -0.372 e. The first-order chi connectivity index (χ1) is 8.29. The van der Waals surface area contributed by atoms with Gasteiger partial charge in [0.1, 0.15) is 6.61 Å². The fraction of sp³-hybridized carbons (Fsp3) is 0.500. The predicted octanol–water partition coefficient (Wildman–Crippen LogP) is 1.70.